The van der Waals surface area contributed by atoms with Crippen LogP contribution in [0.5, 0.6) is 0 Å². The molecule has 1 fully saturated rings. The SMILES string of the molecule is CCOC(=O)Cn1cc(/C=C2/C(=O)N(C)C(=S)N2C)c2ccccc21. The molecule has 25 heavy (non-hydrogen) atoms. The monoisotopic (exact) mass is 357 g/mol. The number of carbonyl (C=O) groups excluding carboxylic acids is 2. The summed E-state index contributed by atoms with van der Waals surface area (Å²) < 4.78 is 6.87. The summed E-state index contributed by atoms with van der Waals surface area (Å²) >= 11 is 5.25. The highest BCUT2D eigenvalue weighted by atomic mass is 32.1. The second kappa shape index (κ2) is 6.68. The van der Waals surface area contributed by atoms with Gasteiger partial charge in [-0.25, -0.2) is 0 Å². The molecular weight excluding hydrogens is 338 g/mol. The van der Waals surface area contributed by atoms with Gasteiger partial charge in [0.25, 0.3) is 5.91 Å². The molecule has 1 aliphatic rings. The van der Waals surface area contributed by atoms with E-state index in [0.29, 0.717) is 17.4 Å². The van der Waals surface area contributed by atoms with Gasteiger partial charge >= 0.3 is 5.97 Å². The normalized spacial score (nSPS) is 16.4. The first-order chi connectivity index (χ1) is 11.9. The first-order valence-corrected chi connectivity index (χ1v) is 8.35. The number of fused-ring (bicyclic) bond motifs is 1. The van der Waals surface area contributed by atoms with Crippen molar-refractivity contribution in [3.63, 3.8) is 0 Å². The summed E-state index contributed by atoms with van der Waals surface area (Å²) in [4.78, 5) is 27.4. The van der Waals surface area contributed by atoms with Crippen molar-refractivity contribution in [1.82, 2.24) is 14.4 Å². The van der Waals surface area contributed by atoms with E-state index in [1.807, 2.05) is 41.1 Å². The summed E-state index contributed by atoms with van der Waals surface area (Å²) in [5, 5.41) is 1.42. The molecule has 1 aromatic carbocycles. The number of ether oxygens (including phenoxy) is 1. The molecule has 3 rings (SSSR count). The molecule has 0 atom stereocenters. The lowest BCUT2D eigenvalue weighted by Gasteiger charge is -2.10. The Morgan fingerprint density at radius 1 is 1.24 bits per heavy atom. The minimum absolute atomic E-state index is 0.125. The predicted molar refractivity (Wildman–Crippen MR) is 99.7 cm³/mol. The Morgan fingerprint density at radius 2 is 1.96 bits per heavy atom. The van der Waals surface area contributed by atoms with Gasteiger partial charge < -0.3 is 14.2 Å². The van der Waals surface area contributed by atoms with E-state index in [-0.39, 0.29) is 18.4 Å². The van der Waals surface area contributed by atoms with Crippen LogP contribution in [0.1, 0.15) is 12.5 Å². The van der Waals surface area contributed by atoms with Crippen molar-refractivity contribution in [2.24, 2.45) is 0 Å². The minimum Gasteiger partial charge on any atom is -0.465 e. The van der Waals surface area contributed by atoms with Crippen molar-refractivity contribution in [2.45, 2.75) is 13.5 Å². The van der Waals surface area contributed by atoms with E-state index in [0.717, 1.165) is 16.5 Å². The molecule has 7 heteroatoms. The maximum atomic E-state index is 12.4. The standard InChI is InChI=1S/C18H19N3O3S/c1-4-24-16(22)11-21-10-12(13-7-5-6-8-14(13)21)9-15-17(23)20(3)18(25)19(15)2/h5-10H,4,11H2,1-3H3/b15-9-. The van der Waals surface area contributed by atoms with Crippen LogP contribution in [-0.4, -0.2) is 52.1 Å². The highest BCUT2D eigenvalue weighted by molar-refractivity contribution is 7.80. The van der Waals surface area contributed by atoms with Crippen LogP contribution in [0.15, 0.2) is 36.2 Å². The van der Waals surface area contributed by atoms with Crippen LogP contribution in [0.4, 0.5) is 0 Å². The van der Waals surface area contributed by atoms with E-state index in [1.165, 1.54) is 4.90 Å². The fourth-order valence-electron chi connectivity index (χ4n) is 2.90. The fourth-order valence-corrected chi connectivity index (χ4v) is 3.08. The fraction of sp³-hybridized carbons (Fsp3) is 0.278. The molecule has 0 aliphatic carbocycles. The van der Waals surface area contributed by atoms with E-state index in [2.05, 4.69) is 0 Å². The third-order valence-electron chi connectivity index (χ3n) is 4.18. The summed E-state index contributed by atoms with van der Waals surface area (Å²) in [5.41, 5.74) is 2.27. The molecule has 2 aromatic rings. The van der Waals surface area contributed by atoms with Crippen LogP contribution in [-0.2, 0) is 20.9 Å². The number of amides is 1. The number of esters is 1. The minimum atomic E-state index is -0.294. The van der Waals surface area contributed by atoms with Crippen molar-refractivity contribution in [2.75, 3.05) is 20.7 Å². The average molecular weight is 357 g/mol. The van der Waals surface area contributed by atoms with Gasteiger partial charge in [-0.2, -0.15) is 0 Å². The molecule has 130 valence electrons. The molecule has 1 amide bonds. The molecule has 2 heterocycles. The van der Waals surface area contributed by atoms with E-state index in [9.17, 15) is 9.59 Å². The third kappa shape index (κ3) is 3.02. The molecule has 0 saturated carbocycles. The third-order valence-corrected chi connectivity index (χ3v) is 4.72. The van der Waals surface area contributed by atoms with E-state index >= 15 is 0 Å². The zero-order chi connectivity index (χ0) is 18.1. The Kier molecular flexibility index (Phi) is 4.59. The molecule has 1 aliphatic heterocycles. The molecule has 0 bridgehead atoms. The predicted octanol–water partition coefficient (Wildman–Crippen LogP) is 2.23. The van der Waals surface area contributed by atoms with Gasteiger partial charge in [-0.1, -0.05) is 18.2 Å². The Balaban J connectivity index is 2.06. The second-order valence-electron chi connectivity index (χ2n) is 5.77. The smallest absolute Gasteiger partial charge is 0.325 e. The van der Waals surface area contributed by atoms with Crippen LogP contribution in [0.25, 0.3) is 17.0 Å². The highest BCUT2D eigenvalue weighted by Crippen LogP contribution is 2.27. The largest absolute Gasteiger partial charge is 0.465 e. The summed E-state index contributed by atoms with van der Waals surface area (Å²) in [5.74, 6) is -0.438. The first-order valence-electron chi connectivity index (χ1n) is 7.95. The van der Waals surface area contributed by atoms with Gasteiger partial charge in [0.15, 0.2) is 5.11 Å². The van der Waals surface area contributed by atoms with Gasteiger partial charge in [0.2, 0.25) is 0 Å². The number of aromatic nitrogens is 1. The zero-order valence-corrected chi connectivity index (χ0v) is 15.2. The van der Waals surface area contributed by atoms with Gasteiger partial charge in [-0.05, 0) is 31.3 Å². The van der Waals surface area contributed by atoms with Gasteiger partial charge in [-0.3, -0.25) is 14.5 Å². The van der Waals surface area contributed by atoms with Gasteiger partial charge in [0.1, 0.15) is 12.2 Å². The Bertz CT molecular complexity index is 900. The number of rotatable bonds is 4. The van der Waals surface area contributed by atoms with Crippen molar-refractivity contribution >= 4 is 46.2 Å². The van der Waals surface area contributed by atoms with Crippen LogP contribution in [0, 0.1) is 0 Å². The quantitative estimate of drug-likeness (QED) is 0.477. The van der Waals surface area contributed by atoms with Gasteiger partial charge in [0.05, 0.1) is 6.61 Å². The summed E-state index contributed by atoms with van der Waals surface area (Å²) in [6.07, 6.45) is 3.67. The number of likely N-dealkylation sites (N-methyl/N-ethyl adjacent to an activating group) is 2. The van der Waals surface area contributed by atoms with Crippen molar-refractivity contribution in [3.8, 4) is 0 Å². The number of thiocarbonyl (C=S) groups is 1. The summed E-state index contributed by atoms with van der Waals surface area (Å²) in [6.45, 7) is 2.25. The number of nitrogens with zero attached hydrogens (tertiary/aromatic N) is 3. The molecule has 1 saturated heterocycles. The van der Waals surface area contributed by atoms with Crippen molar-refractivity contribution in [1.29, 1.82) is 0 Å². The average Bonchev–Trinajstić information content (AvgIpc) is 3.02. The van der Waals surface area contributed by atoms with Crippen LogP contribution in [0.2, 0.25) is 0 Å². The first kappa shape index (κ1) is 17.2. The van der Waals surface area contributed by atoms with Crippen molar-refractivity contribution in [3.05, 3.63) is 41.7 Å². The van der Waals surface area contributed by atoms with Gasteiger partial charge in [0, 0.05) is 36.8 Å². The van der Waals surface area contributed by atoms with Gasteiger partial charge in [-0.15, -0.1) is 0 Å². The van der Waals surface area contributed by atoms with E-state index in [1.54, 1.807) is 25.9 Å². The lowest BCUT2D eigenvalue weighted by atomic mass is 10.1. The molecule has 0 unspecified atom stereocenters. The van der Waals surface area contributed by atoms with Crippen LogP contribution < -0.4 is 0 Å². The number of carbonyl (C=O) groups is 2. The number of benzene rings is 1. The van der Waals surface area contributed by atoms with Crippen LogP contribution >= 0.6 is 12.2 Å². The highest BCUT2D eigenvalue weighted by Gasteiger charge is 2.32. The second-order valence-corrected chi connectivity index (χ2v) is 6.13. The molecule has 0 radical (unpaired) electrons. The maximum absolute atomic E-state index is 12.4. The lowest BCUT2D eigenvalue weighted by Crippen LogP contribution is -2.26. The molecule has 0 spiro atoms. The van der Waals surface area contributed by atoms with Crippen LogP contribution in [0.3, 0.4) is 0 Å². The van der Waals surface area contributed by atoms with E-state index in [4.69, 9.17) is 17.0 Å². The van der Waals surface area contributed by atoms with E-state index < -0.39 is 0 Å². The molecule has 1 aromatic heterocycles. The summed E-state index contributed by atoms with van der Waals surface area (Å²) in [7, 11) is 3.43. The summed E-state index contributed by atoms with van der Waals surface area (Å²) in [6, 6.07) is 7.74. The Labute approximate surface area is 151 Å². The molecule has 0 N–H and O–H groups in total. The number of hydrogen-bond donors (Lipinski definition) is 0. The zero-order valence-electron chi connectivity index (χ0n) is 14.4. The Hall–Kier alpha value is -2.67. The Morgan fingerprint density at radius 3 is 2.60 bits per heavy atom. The number of hydrogen-bond acceptors (Lipinski definition) is 4. The topological polar surface area (TPSA) is 54.8 Å². The molecular formula is C18H19N3O3S. The van der Waals surface area contributed by atoms with Crippen molar-refractivity contribution < 1.29 is 14.3 Å². The maximum Gasteiger partial charge on any atom is 0.325 e. The molecule has 6 nitrogen and oxygen atoms in total. The number of para-hydroxylation sites is 1. The lowest BCUT2D eigenvalue weighted by molar-refractivity contribution is -0.143.